The van der Waals surface area contributed by atoms with E-state index in [0.29, 0.717) is 19.8 Å². The number of aryl methyl sites for hydroxylation is 2. The minimum absolute atomic E-state index is 0.108. The molecule has 0 saturated heterocycles. The molecule has 2 aromatic heterocycles. The molecule has 2 aromatic carbocycles. The number of unbranched alkanes of at least 4 members (excludes halogenated alkanes) is 2. The molecule has 0 spiro atoms. The molecule has 0 saturated carbocycles. The van der Waals surface area contributed by atoms with E-state index in [1.807, 2.05) is 36.4 Å². The Kier molecular flexibility index (Phi) is 18.2. The van der Waals surface area contributed by atoms with Gasteiger partial charge in [0.05, 0.1) is 25.3 Å². The first-order valence-electron chi connectivity index (χ1n) is 16.7. The third-order valence-electron chi connectivity index (χ3n) is 7.17. The molecule has 0 unspecified atom stereocenters. The van der Waals surface area contributed by atoms with Gasteiger partial charge < -0.3 is 16.4 Å². The highest BCUT2D eigenvalue weighted by Gasteiger charge is 2.18. The molecule has 0 radical (unpaired) electrons. The van der Waals surface area contributed by atoms with Crippen molar-refractivity contribution in [3.8, 4) is 0 Å². The third-order valence-corrected chi connectivity index (χ3v) is 13.2. The zero-order valence-corrected chi connectivity index (χ0v) is 33.9. The average Bonchev–Trinajstić information content (AvgIpc) is 3.73. The number of carbonyl (C=O) groups excluding carboxylic acids is 2. The molecule has 4 aromatic rings. The summed E-state index contributed by atoms with van der Waals surface area (Å²) in [5.41, 5.74) is 9.71. The van der Waals surface area contributed by atoms with Gasteiger partial charge in [-0.1, -0.05) is 51.0 Å². The van der Waals surface area contributed by atoms with Crippen molar-refractivity contribution in [2.45, 2.75) is 90.6 Å². The Bertz CT molecular complexity index is 1890. The molecule has 0 aliphatic heterocycles. The summed E-state index contributed by atoms with van der Waals surface area (Å²) in [5, 5.41) is 5.80. The largest absolute Gasteiger partial charge is 0.391 e. The van der Waals surface area contributed by atoms with Crippen molar-refractivity contribution in [2.24, 2.45) is 0 Å². The lowest BCUT2D eigenvalue weighted by Crippen LogP contribution is -2.21. The first-order valence-corrected chi connectivity index (χ1v) is 22.2. The van der Waals surface area contributed by atoms with Gasteiger partial charge in [0.1, 0.15) is 5.00 Å². The van der Waals surface area contributed by atoms with Gasteiger partial charge in [-0.3, -0.25) is 14.3 Å². The van der Waals surface area contributed by atoms with Gasteiger partial charge in [0.15, 0.2) is 0 Å². The van der Waals surface area contributed by atoms with Crippen molar-refractivity contribution in [2.75, 3.05) is 21.1 Å². The van der Waals surface area contributed by atoms with Crippen LogP contribution in [0, 0.1) is 0 Å². The van der Waals surface area contributed by atoms with Crippen LogP contribution in [0.25, 0.3) is 0 Å². The van der Waals surface area contributed by atoms with Gasteiger partial charge >= 0.3 is 0 Å². The maximum Gasteiger partial charge on any atom is 0.265 e. The number of nitrogens with one attached hydrogen (secondary N) is 3. The highest BCUT2D eigenvalue weighted by Crippen LogP contribution is 2.25. The SMILES string of the molecule is CC(C)S(=O)(=O)Cl.CCCCc1ccc(NC(=O)c2ccc(N)s2)cc1.CCCCc1ccc(NC(=O)c2ccc(NS(=O)(=O)C(C)C)s2)cc1. The van der Waals surface area contributed by atoms with Crippen molar-refractivity contribution in [3.63, 3.8) is 0 Å². The zero-order chi connectivity index (χ0) is 38.2. The molecular formula is C36H49ClN4O6S4. The topological polar surface area (TPSA) is 165 Å². The molecule has 0 fully saturated rings. The lowest BCUT2D eigenvalue weighted by Gasteiger charge is -2.08. The maximum absolute atomic E-state index is 12.3. The molecule has 0 atom stereocenters. The van der Waals surface area contributed by atoms with E-state index in [0.717, 1.165) is 48.4 Å². The van der Waals surface area contributed by atoms with E-state index < -0.39 is 29.6 Å². The summed E-state index contributed by atoms with van der Waals surface area (Å²) in [6, 6.07) is 22.5. The van der Waals surface area contributed by atoms with Crippen LogP contribution in [0.15, 0.2) is 72.8 Å². The molecule has 4 rings (SSSR count). The van der Waals surface area contributed by atoms with Crippen LogP contribution in [-0.2, 0) is 31.9 Å². The van der Waals surface area contributed by atoms with Crippen LogP contribution in [0.4, 0.5) is 21.4 Å². The highest BCUT2D eigenvalue weighted by molar-refractivity contribution is 8.14. The second-order valence-electron chi connectivity index (χ2n) is 12.1. The molecule has 5 N–H and O–H groups in total. The lowest BCUT2D eigenvalue weighted by molar-refractivity contribution is 0.102. The fourth-order valence-corrected chi connectivity index (χ4v) is 6.33. The lowest BCUT2D eigenvalue weighted by atomic mass is 10.1. The summed E-state index contributed by atoms with van der Waals surface area (Å²) < 4.78 is 46.4. The van der Waals surface area contributed by atoms with Crippen molar-refractivity contribution < 1.29 is 26.4 Å². The average molecular weight is 798 g/mol. The second kappa shape index (κ2) is 21.2. The predicted octanol–water partition coefficient (Wildman–Crippen LogP) is 9.38. The molecule has 2 amide bonds. The van der Waals surface area contributed by atoms with E-state index in [9.17, 15) is 26.4 Å². The highest BCUT2D eigenvalue weighted by atomic mass is 35.7. The minimum atomic E-state index is -3.41. The number of hydrogen-bond acceptors (Lipinski definition) is 9. The number of thiophene rings is 2. The second-order valence-corrected chi connectivity index (χ2v) is 19.7. The third kappa shape index (κ3) is 16.2. The monoisotopic (exact) mass is 796 g/mol. The van der Waals surface area contributed by atoms with E-state index >= 15 is 0 Å². The van der Waals surface area contributed by atoms with E-state index in [1.165, 1.54) is 49.2 Å². The fraction of sp³-hybridized carbons (Fsp3) is 0.389. The van der Waals surface area contributed by atoms with Gasteiger partial charge in [0, 0.05) is 22.1 Å². The van der Waals surface area contributed by atoms with Crippen molar-refractivity contribution in [3.05, 3.63) is 93.7 Å². The summed E-state index contributed by atoms with van der Waals surface area (Å²) in [5.74, 6) is -0.357. The summed E-state index contributed by atoms with van der Waals surface area (Å²) in [4.78, 5) is 25.3. The van der Waals surface area contributed by atoms with Crippen LogP contribution < -0.4 is 21.1 Å². The van der Waals surface area contributed by atoms with Gasteiger partial charge in [0.2, 0.25) is 19.1 Å². The Morgan fingerprint density at radius 3 is 1.43 bits per heavy atom. The smallest absolute Gasteiger partial charge is 0.265 e. The number of amides is 2. The van der Waals surface area contributed by atoms with Crippen LogP contribution in [0.5, 0.6) is 0 Å². The van der Waals surface area contributed by atoms with Crippen molar-refractivity contribution >= 4 is 85.6 Å². The molecule has 51 heavy (non-hydrogen) atoms. The first kappa shape index (κ1) is 43.7. The number of nitrogens with two attached hydrogens (primary N) is 1. The zero-order valence-electron chi connectivity index (χ0n) is 29.9. The Labute approximate surface area is 315 Å². The Morgan fingerprint density at radius 1 is 0.667 bits per heavy atom. The van der Waals surface area contributed by atoms with Crippen LogP contribution >= 0.6 is 33.4 Å². The van der Waals surface area contributed by atoms with Gasteiger partial charge in [-0.25, -0.2) is 16.8 Å². The van der Waals surface area contributed by atoms with E-state index in [4.69, 9.17) is 16.4 Å². The Balaban J connectivity index is 0.000000305. The molecule has 280 valence electrons. The number of rotatable bonds is 14. The number of halogens is 1. The molecule has 10 nitrogen and oxygen atoms in total. The van der Waals surface area contributed by atoms with Crippen LogP contribution in [-0.4, -0.2) is 39.1 Å². The standard InChI is InChI=1S/C18H24N2O3S2.C15H18N2OS.C3H7ClO2S/c1-4-5-6-14-7-9-15(10-8-14)19-18(21)16-11-12-17(24-16)20-25(22,23)13(2)3;1-2-3-4-11-5-7-12(8-6-11)17-15(18)13-9-10-14(16)19-13;1-3(2)7(4,5)6/h7-13,20H,4-6H2,1-3H3,(H,19,21);5-10H,2-4,16H2,1H3,(H,17,18);3H,1-2H3. The number of anilines is 4. The van der Waals surface area contributed by atoms with E-state index in [-0.39, 0.29) is 11.8 Å². The van der Waals surface area contributed by atoms with Gasteiger partial charge in [-0.05, 0) is 113 Å². The number of nitrogen functional groups attached to an aromatic ring is 1. The summed E-state index contributed by atoms with van der Waals surface area (Å²) in [6.07, 6.45) is 6.81. The molecular weight excluding hydrogens is 748 g/mol. The van der Waals surface area contributed by atoms with Crippen molar-refractivity contribution in [1.82, 2.24) is 0 Å². The number of benzene rings is 2. The fourth-order valence-electron chi connectivity index (χ4n) is 3.90. The maximum atomic E-state index is 12.3. The molecule has 0 aliphatic carbocycles. The molecule has 15 heteroatoms. The predicted molar refractivity (Wildman–Crippen MR) is 217 cm³/mol. The van der Waals surface area contributed by atoms with Gasteiger partial charge in [0.25, 0.3) is 11.8 Å². The molecule has 0 bridgehead atoms. The van der Waals surface area contributed by atoms with Crippen LogP contribution in [0.3, 0.4) is 0 Å². The van der Waals surface area contributed by atoms with E-state index in [2.05, 4.69) is 41.3 Å². The minimum Gasteiger partial charge on any atom is -0.391 e. The number of carbonyl (C=O) groups is 2. The number of sulfonamides is 1. The normalized spacial score (nSPS) is 11.2. The van der Waals surface area contributed by atoms with E-state index in [1.54, 1.807) is 38.1 Å². The molecule has 0 aliphatic rings. The Morgan fingerprint density at radius 2 is 1.08 bits per heavy atom. The molecule has 2 heterocycles. The van der Waals surface area contributed by atoms with Crippen LogP contribution in [0.1, 0.15) is 97.7 Å². The summed E-state index contributed by atoms with van der Waals surface area (Å²) >= 11 is 2.41. The first-order chi connectivity index (χ1) is 23.9. The Hall–Kier alpha value is -3.43. The van der Waals surface area contributed by atoms with Crippen molar-refractivity contribution in [1.29, 1.82) is 0 Å². The van der Waals surface area contributed by atoms with Gasteiger partial charge in [-0.15, -0.1) is 22.7 Å². The van der Waals surface area contributed by atoms with Gasteiger partial charge in [-0.2, -0.15) is 0 Å². The summed E-state index contributed by atoms with van der Waals surface area (Å²) in [7, 11) is -1.83. The summed E-state index contributed by atoms with van der Waals surface area (Å²) in [6.45, 7) is 10.6. The quantitative estimate of drug-likeness (QED) is 0.0924. The van der Waals surface area contributed by atoms with Crippen LogP contribution in [0.2, 0.25) is 0 Å². The number of hydrogen-bond donors (Lipinski definition) is 4.